The van der Waals surface area contributed by atoms with Crippen molar-refractivity contribution in [2.45, 2.75) is 12.3 Å². The molecular weight excluding hydrogens is 1090 g/mol. The van der Waals surface area contributed by atoms with E-state index >= 15 is 0 Å². The van der Waals surface area contributed by atoms with E-state index < -0.39 is 0 Å². The van der Waals surface area contributed by atoms with Crippen LogP contribution in [0.25, 0.3) is 150 Å². The van der Waals surface area contributed by atoms with Crippen LogP contribution in [0.4, 0.5) is 0 Å². The van der Waals surface area contributed by atoms with Gasteiger partial charge in [0.25, 0.3) is 0 Å². The lowest BCUT2D eigenvalue weighted by Gasteiger charge is -2.30. The predicted octanol–water partition coefficient (Wildman–Crippen LogP) is 21.8. The number of aromatic nitrogens is 4. The summed E-state index contributed by atoms with van der Waals surface area (Å²) in [4.78, 5) is 0. The third-order valence-electron chi connectivity index (χ3n) is 19.0. The van der Waals surface area contributed by atoms with Crippen molar-refractivity contribution in [1.82, 2.24) is 18.3 Å². The van der Waals surface area contributed by atoms with Gasteiger partial charge in [0.2, 0.25) is 0 Å². The standard InChI is InChI=1S/C85H55N5/c86-54-72-82(87-73-38-20-16-34-64(73)65-35-17-21-39-74(65)87)84(89-77-46-42-60(55-24-6-1-7-25-55)50-68(77)69-51-61(43-47-78(69)89)56-26-8-2-9-27-56)81(59-32-14-5-15-33-59)85(83(72)88-75-40-22-18-36-66(75)67-37-19-23-41-76(67)88)90-79-48-44-62(57-28-10-3-11-29-57)52-70(79)71-53-63(45-49-80(71)90)58-30-12-4-13-31-58/h1-52,63H,53H2. The SMILES string of the molecule is N#Cc1c(-n2c3ccccc3c3ccccc32)c(-n2c3c(c4cc(-c5ccccc5)ccc42)CC(c2ccccc2)C=C3)c(-c2ccccc2)c(-n2c3ccc(-c4ccccc4)cc3c3cc(-c4ccccc4)ccc32)c1-n1c2ccccc2c2ccccc21. The fourth-order valence-corrected chi connectivity index (χ4v) is 15.0. The lowest BCUT2D eigenvalue weighted by atomic mass is 9.86. The average molecular weight is 1150 g/mol. The average Bonchev–Trinajstić information content (AvgIpc) is 1.51. The summed E-state index contributed by atoms with van der Waals surface area (Å²) in [6, 6.07) is 113. The quantitative estimate of drug-likeness (QED) is 0.142. The third kappa shape index (κ3) is 7.81. The lowest BCUT2D eigenvalue weighted by molar-refractivity contribution is 0.825. The Bertz CT molecular complexity index is 5590. The Balaban J connectivity index is 1.11. The van der Waals surface area contributed by atoms with Gasteiger partial charge in [0, 0.05) is 54.9 Å². The molecule has 0 fully saturated rings. The van der Waals surface area contributed by atoms with Crippen LogP contribution in [-0.2, 0) is 6.42 Å². The monoisotopic (exact) mass is 1150 g/mol. The Morgan fingerprint density at radius 1 is 0.289 bits per heavy atom. The Hall–Kier alpha value is -12.0. The fourth-order valence-electron chi connectivity index (χ4n) is 15.0. The zero-order chi connectivity index (χ0) is 59.4. The van der Waals surface area contributed by atoms with Crippen LogP contribution in [-0.4, -0.2) is 18.3 Å². The first-order valence-corrected chi connectivity index (χ1v) is 31.0. The molecule has 90 heavy (non-hydrogen) atoms. The number of nitriles is 1. The maximum absolute atomic E-state index is 13.2. The molecule has 4 heterocycles. The number of benzene rings is 13. The fraction of sp³-hybridized carbons (Fsp3) is 0.0235. The largest absolute Gasteiger partial charge is 0.307 e. The van der Waals surface area contributed by atoms with E-state index in [1.54, 1.807) is 0 Å². The van der Waals surface area contributed by atoms with Gasteiger partial charge in [-0.15, -0.1) is 0 Å². The summed E-state index contributed by atoms with van der Waals surface area (Å²) in [5.74, 6) is 0.130. The summed E-state index contributed by atoms with van der Waals surface area (Å²) in [5.41, 5.74) is 23.5. The molecule has 1 aliphatic rings. The van der Waals surface area contributed by atoms with Crippen molar-refractivity contribution in [3.05, 3.63) is 332 Å². The van der Waals surface area contributed by atoms with Crippen LogP contribution >= 0.6 is 0 Å². The van der Waals surface area contributed by atoms with E-state index in [1.165, 1.54) is 16.5 Å². The molecule has 17 aromatic rings. The summed E-state index contributed by atoms with van der Waals surface area (Å²) in [5, 5.41) is 21.0. The van der Waals surface area contributed by atoms with Crippen molar-refractivity contribution in [1.29, 1.82) is 5.26 Å². The van der Waals surface area contributed by atoms with Crippen LogP contribution in [0.5, 0.6) is 0 Å². The van der Waals surface area contributed by atoms with Crippen LogP contribution < -0.4 is 0 Å². The summed E-state index contributed by atoms with van der Waals surface area (Å²) in [7, 11) is 0. The summed E-state index contributed by atoms with van der Waals surface area (Å²) >= 11 is 0. The van der Waals surface area contributed by atoms with Crippen molar-refractivity contribution in [3.8, 4) is 73.3 Å². The smallest absolute Gasteiger partial charge is 0.104 e. The number of para-hydroxylation sites is 4. The van der Waals surface area contributed by atoms with Gasteiger partial charge in [0.15, 0.2) is 0 Å². The van der Waals surface area contributed by atoms with E-state index in [9.17, 15) is 5.26 Å². The molecule has 0 bridgehead atoms. The van der Waals surface area contributed by atoms with E-state index in [2.05, 4.69) is 340 Å². The van der Waals surface area contributed by atoms with Gasteiger partial charge in [-0.1, -0.05) is 249 Å². The van der Waals surface area contributed by atoms with Crippen molar-refractivity contribution in [2.75, 3.05) is 0 Å². The molecule has 0 radical (unpaired) electrons. The van der Waals surface area contributed by atoms with E-state index in [1.807, 2.05) is 0 Å². The molecule has 1 unspecified atom stereocenters. The minimum Gasteiger partial charge on any atom is -0.307 e. The minimum absolute atomic E-state index is 0.130. The Labute approximate surface area is 520 Å². The molecule has 0 saturated heterocycles. The maximum Gasteiger partial charge on any atom is 0.104 e. The van der Waals surface area contributed by atoms with Crippen molar-refractivity contribution < 1.29 is 0 Å². The van der Waals surface area contributed by atoms with Gasteiger partial charge >= 0.3 is 0 Å². The molecule has 4 aromatic heterocycles. The Morgan fingerprint density at radius 3 is 1.04 bits per heavy atom. The zero-order valence-electron chi connectivity index (χ0n) is 49.0. The number of allylic oxidation sites excluding steroid dienone is 1. The highest BCUT2D eigenvalue weighted by atomic mass is 15.1. The highest BCUT2D eigenvalue weighted by Crippen LogP contribution is 2.53. The number of hydrogen-bond donors (Lipinski definition) is 0. The first kappa shape index (κ1) is 51.3. The van der Waals surface area contributed by atoms with Crippen molar-refractivity contribution >= 4 is 82.4 Å². The van der Waals surface area contributed by atoms with Crippen LogP contribution in [0.2, 0.25) is 0 Å². The van der Waals surface area contributed by atoms with Gasteiger partial charge in [-0.05, 0) is 123 Å². The Morgan fingerprint density at radius 2 is 0.622 bits per heavy atom. The number of nitrogens with zero attached hydrogens (tertiary/aromatic N) is 5. The minimum atomic E-state index is 0.130. The van der Waals surface area contributed by atoms with E-state index in [0.717, 1.165) is 150 Å². The van der Waals surface area contributed by atoms with E-state index in [0.29, 0.717) is 5.56 Å². The number of fused-ring (bicyclic) bond motifs is 12. The lowest BCUT2D eigenvalue weighted by Crippen LogP contribution is -2.17. The number of rotatable bonds is 9. The molecular formula is C85H55N5. The summed E-state index contributed by atoms with van der Waals surface area (Å²) in [6.45, 7) is 0. The molecule has 13 aromatic carbocycles. The predicted molar refractivity (Wildman–Crippen MR) is 375 cm³/mol. The normalized spacial score (nSPS) is 13.1. The van der Waals surface area contributed by atoms with Crippen molar-refractivity contribution in [2.24, 2.45) is 0 Å². The Kier molecular flexibility index (Phi) is 11.7. The van der Waals surface area contributed by atoms with Gasteiger partial charge in [0.1, 0.15) is 11.6 Å². The molecule has 5 heteroatoms. The molecule has 5 nitrogen and oxygen atoms in total. The molecule has 0 aliphatic heterocycles. The van der Waals surface area contributed by atoms with Gasteiger partial charge < -0.3 is 18.3 Å². The van der Waals surface area contributed by atoms with Gasteiger partial charge in [-0.3, -0.25) is 0 Å². The molecule has 18 rings (SSSR count). The molecule has 0 N–H and O–H groups in total. The molecule has 1 aliphatic carbocycles. The van der Waals surface area contributed by atoms with Crippen molar-refractivity contribution in [3.63, 3.8) is 0 Å². The third-order valence-corrected chi connectivity index (χ3v) is 19.0. The van der Waals surface area contributed by atoms with Crippen LogP contribution in [0.1, 0.15) is 28.3 Å². The highest BCUT2D eigenvalue weighted by Gasteiger charge is 2.36. The highest BCUT2D eigenvalue weighted by molar-refractivity contribution is 6.17. The molecule has 0 spiro atoms. The topological polar surface area (TPSA) is 43.5 Å². The van der Waals surface area contributed by atoms with E-state index in [-0.39, 0.29) is 5.92 Å². The first-order chi connectivity index (χ1) is 44.7. The molecule has 420 valence electrons. The maximum atomic E-state index is 13.2. The second kappa shape index (κ2) is 20.6. The van der Waals surface area contributed by atoms with E-state index in [4.69, 9.17) is 0 Å². The molecule has 0 amide bonds. The summed E-state index contributed by atoms with van der Waals surface area (Å²) in [6.07, 6.45) is 5.57. The second-order valence-corrected chi connectivity index (χ2v) is 23.8. The van der Waals surface area contributed by atoms with Gasteiger partial charge in [0.05, 0.1) is 61.4 Å². The summed E-state index contributed by atoms with van der Waals surface area (Å²) < 4.78 is 9.90. The van der Waals surface area contributed by atoms with Gasteiger partial charge in [-0.25, -0.2) is 0 Å². The molecule has 0 saturated carbocycles. The van der Waals surface area contributed by atoms with Crippen LogP contribution in [0, 0.1) is 11.3 Å². The number of hydrogen-bond acceptors (Lipinski definition) is 1. The first-order valence-electron chi connectivity index (χ1n) is 31.0. The zero-order valence-corrected chi connectivity index (χ0v) is 49.0. The van der Waals surface area contributed by atoms with Crippen LogP contribution in [0.15, 0.2) is 309 Å². The second-order valence-electron chi connectivity index (χ2n) is 23.8. The van der Waals surface area contributed by atoms with Crippen LogP contribution in [0.3, 0.4) is 0 Å². The molecule has 1 atom stereocenters. The van der Waals surface area contributed by atoms with Gasteiger partial charge in [-0.2, -0.15) is 5.26 Å².